The van der Waals surface area contributed by atoms with Crippen LogP contribution in [-0.4, -0.2) is 32.2 Å². The van der Waals surface area contributed by atoms with Crippen LogP contribution >= 0.6 is 7.75 Å². The largest absolute Gasteiger partial charge is 0.766 e. The molecule has 0 bridgehead atoms. The van der Waals surface area contributed by atoms with Crippen LogP contribution in [0, 0.1) is 0 Å². The predicted molar refractivity (Wildman–Crippen MR) is 70.6 cm³/mol. The van der Waals surface area contributed by atoms with Crippen molar-refractivity contribution in [3.63, 3.8) is 0 Å². The van der Waals surface area contributed by atoms with E-state index in [4.69, 9.17) is 16.0 Å². The maximum atomic E-state index is 10.8. The third kappa shape index (κ3) is 3.04. The Morgan fingerprint density at radius 2 is 2.29 bits per heavy atom. The molecule has 114 valence electrons. The molecular weight excluding hydrogens is 299 g/mol. The highest BCUT2D eigenvalue weighted by atomic mass is 31.2. The Labute approximate surface area is 119 Å². The minimum absolute atomic E-state index is 0.0997. The van der Waals surface area contributed by atoms with Crippen molar-refractivity contribution in [1.82, 2.24) is 19.5 Å². The molecule has 3 rings (SSSR count). The Kier molecular flexibility index (Phi) is 3.64. The van der Waals surface area contributed by atoms with Crippen LogP contribution in [0.1, 0.15) is 19.1 Å². The summed E-state index contributed by atoms with van der Waals surface area (Å²) < 4.78 is 22.8. The Bertz CT molecular complexity index is 700. The summed E-state index contributed by atoms with van der Waals surface area (Å²) in [5, 5.41) is 0. The second-order valence-corrected chi connectivity index (χ2v) is 6.05. The fourth-order valence-corrected chi connectivity index (χ4v) is 2.66. The number of hydrogen-bond acceptors (Lipinski definition) is 8. The second kappa shape index (κ2) is 5.32. The van der Waals surface area contributed by atoms with Crippen LogP contribution in [0.5, 0.6) is 0 Å². The van der Waals surface area contributed by atoms with E-state index in [1.165, 1.54) is 6.33 Å². The lowest BCUT2D eigenvalue weighted by Crippen LogP contribution is -2.20. The van der Waals surface area contributed by atoms with Gasteiger partial charge in [0.05, 0.1) is 19.0 Å². The zero-order valence-electron chi connectivity index (χ0n) is 11.0. The van der Waals surface area contributed by atoms with Gasteiger partial charge in [0.15, 0.2) is 11.5 Å². The van der Waals surface area contributed by atoms with Gasteiger partial charge in [-0.25, -0.2) is 15.0 Å². The highest BCUT2D eigenvalue weighted by Gasteiger charge is 2.28. The smallest absolute Gasteiger partial charge is 0.201 e. The third-order valence-corrected chi connectivity index (χ3v) is 3.73. The number of rotatable bonds is 4. The summed E-state index contributed by atoms with van der Waals surface area (Å²) in [4.78, 5) is 23.0. The lowest BCUT2D eigenvalue weighted by Gasteiger charge is -2.20. The van der Waals surface area contributed by atoms with E-state index in [-0.39, 0.29) is 18.9 Å². The molecule has 1 saturated heterocycles. The first-order chi connectivity index (χ1) is 9.94. The van der Waals surface area contributed by atoms with Crippen molar-refractivity contribution in [3.8, 4) is 0 Å². The molecule has 0 aromatic carbocycles. The standard InChI is InChI=1S/C10H15N6O4P/c11-9-8-10(14-4-13-9)16(5-15-8)7-2-1-6(20-7)3-19-21(12,17)18/h4-7H,1-3H2,(H2,11,13,14)(H3,12,17,18)/p-1/t6-,7+/m0/s1. The number of anilines is 1. The summed E-state index contributed by atoms with van der Waals surface area (Å²) >= 11 is 0. The van der Waals surface area contributed by atoms with E-state index >= 15 is 0 Å². The summed E-state index contributed by atoms with van der Waals surface area (Å²) in [5.41, 5.74) is 11.6. The highest BCUT2D eigenvalue weighted by molar-refractivity contribution is 7.48. The molecule has 0 amide bonds. The molecule has 1 unspecified atom stereocenters. The van der Waals surface area contributed by atoms with Gasteiger partial charge in [-0.3, -0.25) is 14.6 Å². The first-order valence-corrected chi connectivity index (χ1v) is 7.88. The van der Waals surface area contributed by atoms with Gasteiger partial charge in [0.25, 0.3) is 0 Å². The fourth-order valence-electron chi connectivity index (χ4n) is 2.28. The SMILES string of the molecule is Nc1ncnc2c1ncn2[C@H]1CC[C@@H](COP(N)(=O)[O-])O1. The average molecular weight is 313 g/mol. The number of nitrogens with zero attached hydrogens (tertiary/aromatic N) is 4. The van der Waals surface area contributed by atoms with Crippen molar-refractivity contribution >= 4 is 24.7 Å². The van der Waals surface area contributed by atoms with Crippen LogP contribution in [0.2, 0.25) is 0 Å². The van der Waals surface area contributed by atoms with E-state index < -0.39 is 7.75 Å². The second-order valence-electron chi connectivity index (χ2n) is 4.71. The molecule has 1 aliphatic rings. The van der Waals surface area contributed by atoms with Gasteiger partial charge in [-0.15, -0.1) is 0 Å². The number of imidazole rings is 1. The summed E-state index contributed by atoms with van der Waals surface area (Å²) in [6.07, 6.45) is 3.60. The number of fused-ring (bicyclic) bond motifs is 1. The molecule has 1 fully saturated rings. The summed E-state index contributed by atoms with van der Waals surface area (Å²) in [5.74, 6) is 0.298. The molecular formula is C10H14N6O4P-. The van der Waals surface area contributed by atoms with Crippen LogP contribution in [0.4, 0.5) is 5.82 Å². The number of nitrogens with two attached hydrogens (primary N) is 2. The van der Waals surface area contributed by atoms with Gasteiger partial charge < -0.3 is 19.9 Å². The zero-order chi connectivity index (χ0) is 15.0. The van der Waals surface area contributed by atoms with Crippen molar-refractivity contribution in [1.29, 1.82) is 0 Å². The van der Waals surface area contributed by atoms with Crippen LogP contribution in [-0.2, 0) is 13.8 Å². The topological polar surface area (TPSA) is 154 Å². The third-order valence-electron chi connectivity index (χ3n) is 3.22. The van der Waals surface area contributed by atoms with Crippen molar-refractivity contribution in [3.05, 3.63) is 12.7 Å². The van der Waals surface area contributed by atoms with E-state index in [1.807, 2.05) is 0 Å². The lowest BCUT2D eigenvalue weighted by molar-refractivity contribution is -0.201. The maximum absolute atomic E-state index is 10.8. The Morgan fingerprint density at radius 1 is 1.48 bits per heavy atom. The minimum atomic E-state index is -4.23. The van der Waals surface area contributed by atoms with E-state index in [2.05, 4.69) is 19.5 Å². The lowest BCUT2D eigenvalue weighted by atomic mass is 10.2. The van der Waals surface area contributed by atoms with E-state index in [9.17, 15) is 9.46 Å². The van der Waals surface area contributed by atoms with E-state index in [0.29, 0.717) is 29.8 Å². The summed E-state index contributed by atoms with van der Waals surface area (Å²) in [7, 11) is -4.23. The number of aromatic nitrogens is 4. The molecule has 1 aliphatic heterocycles. The zero-order valence-corrected chi connectivity index (χ0v) is 11.8. The fraction of sp³-hybridized carbons (Fsp3) is 0.500. The van der Waals surface area contributed by atoms with Crippen molar-refractivity contribution < 1.29 is 18.7 Å². The molecule has 2 aromatic rings. The van der Waals surface area contributed by atoms with Crippen molar-refractivity contribution in [2.75, 3.05) is 12.3 Å². The van der Waals surface area contributed by atoms with E-state index in [0.717, 1.165) is 0 Å². The molecule has 10 nitrogen and oxygen atoms in total. The Morgan fingerprint density at radius 3 is 3.05 bits per heavy atom. The monoisotopic (exact) mass is 313 g/mol. The molecule has 11 heteroatoms. The summed E-state index contributed by atoms with van der Waals surface area (Å²) in [6, 6.07) is 0. The first kappa shape index (κ1) is 14.4. The van der Waals surface area contributed by atoms with Gasteiger partial charge in [-0.2, -0.15) is 0 Å². The molecule has 3 heterocycles. The van der Waals surface area contributed by atoms with Gasteiger partial charge in [0.1, 0.15) is 18.1 Å². The van der Waals surface area contributed by atoms with Crippen molar-refractivity contribution in [2.45, 2.75) is 25.2 Å². The number of hydrogen-bond donors (Lipinski definition) is 2. The number of nitrogen functional groups attached to an aromatic ring is 1. The normalized spacial score (nSPS) is 25.2. The molecule has 0 radical (unpaired) electrons. The first-order valence-electron chi connectivity index (χ1n) is 6.26. The van der Waals surface area contributed by atoms with Gasteiger partial charge in [-0.05, 0) is 12.8 Å². The van der Waals surface area contributed by atoms with Crippen LogP contribution in [0.3, 0.4) is 0 Å². The Hall–Kier alpha value is -1.58. The molecule has 21 heavy (non-hydrogen) atoms. The summed E-state index contributed by atoms with van der Waals surface area (Å²) in [6.45, 7) is -0.0997. The quantitative estimate of drug-likeness (QED) is 0.712. The Balaban J connectivity index is 1.73. The van der Waals surface area contributed by atoms with Crippen molar-refractivity contribution in [2.24, 2.45) is 5.50 Å². The minimum Gasteiger partial charge on any atom is -0.766 e. The van der Waals surface area contributed by atoms with Gasteiger partial charge in [-0.1, -0.05) is 0 Å². The highest BCUT2D eigenvalue weighted by Crippen LogP contribution is 2.33. The van der Waals surface area contributed by atoms with E-state index in [1.54, 1.807) is 10.9 Å². The molecule has 3 atom stereocenters. The van der Waals surface area contributed by atoms with Gasteiger partial charge >= 0.3 is 0 Å². The van der Waals surface area contributed by atoms with Crippen LogP contribution in [0.25, 0.3) is 11.2 Å². The molecule has 0 saturated carbocycles. The predicted octanol–water partition coefficient (Wildman–Crippen LogP) is -0.470. The molecule has 4 N–H and O–H groups in total. The van der Waals surface area contributed by atoms with Gasteiger partial charge in [0, 0.05) is 0 Å². The number of ether oxygens (including phenoxy) is 1. The van der Waals surface area contributed by atoms with Gasteiger partial charge in [0.2, 0.25) is 7.75 Å². The van der Waals surface area contributed by atoms with Crippen LogP contribution in [0.15, 0.2) is 12.7 Å². The van der Waals surface area contributed by atoms with Crippen LogP contribution < -0.4 is 16.1 Å². The maximum Gasteiger partial charge on any atom is 0.201 e. The average Bonchev–Trinajstić information content (AvgIpc) is 3.02. The molecule has 2 aromatic heterocycles. The molecule has 0 spiro atoms. The molecule has 0 aliphatic carbocycles.